The summed E-state index contributed by atoms with van der Waals surface area (Å²) in [5.74, 6) is 0.318. The predicted octanol–water partition coefficient (Wildman–Crippen LogP) is 3.82. The highest BCUT2D eigenvalue weighted by Gasteiger charge is 2.12. The van der Waals surface area contributed by atoms with Crippen LogP contribution in [0, 0.1) is 0 Å². The third kappa shape index (κ3) is 4.71. The number of thioether (sulfide) groups is 1. The van der Waals surface area contributed by atoms with Crippen LogP contribution in [-0.4, -0.2) is 27.4 Å². The van der Waals surface area contributed by atoms with Gasteiger partial charge in [-0.1, -0.05) is 17.8 Å². The van der Waals surface area contributed by atoms with Crippen molar-refractivity contribution in [1.29, 1.82) is 0 Å². The van der Waals surface area contributed by atoms with E-state index in [1.165, 1.54) is 45.8 Å². The Balaban J connectivity index is 1.49. The highest BCUT2D eigenvalue weighted by Crippen LogP contribution is 2.24. The van der Waals surface area contributed by atoms with Crippen molar-refractivity contribution in [2.75, 3.05) is 11.1 Å². The molecule has 0 saturated carbocycles. The minimum Gasteiger partial charge on any atom is -0.302 e. The van der Waals surface area contributed by atoms with Gasteiger partial charge in [0.1, 0.15) is 0 Å². The number of ketones is 1. The fourth-order valence-corrected chi connectivity index (χ4v) is 4.71. The first-order chi connectivity index (χ1) is 11.2. The molecule has 0 unspecified atom stereocenters. The molecular formula is C14H11N3O2S4. The summed E-state index contributed by atoms with van der Waals surface area (Å²) in [5.41, 5.74) is 0.704. The second kappa shape index (κ2) is 7.82. The molecular weight excluding hydrogens is 370 g/mol. The Kier molecular flexibility index (Phi) is 5.55. The molecule has 0 spiro atoms. The number of aromatic nitrogens is 2. The molecule has 0 aliphatic heterocycles. The largest absolute Gasteiger partial charge is 0.302 e. The van der Waals surface area contributed by atoms with Gasteiger partial charge < -0.3 is 5.32 Å². The van der Waals surface area contributed by atoms with Gasteiger partial charge in [0.25, 0.3) is 0 Å². The van der Waals surface area contributed by atoms with Crippen molar-refractivity contribution in [3.63, 3.8) is 0 Å². The van der Waals surface area contributed by atoms with Crippen LogP contribution < -0.4 is 5.32 Å². The van der Waals surface area contributed by atoms with Crippen LogP contribution >= 0.6 is 45.8 Å². The molecule has 0 bridgehead atoms. The molecule has 5 nitrogen and oxygen atoms in total. The quantitative estimate of drug-likeness (QED) is 0.498. The SMILES string of the molecule is O=C(Cc1csc(SCC(=O)c2cccs2)n1)Nc1nccs1. The van der Waals surface area contributed by atoms with Crippen LogP contribution in [0.15, 0.2) is 38.8 Å². The lowest BCUT2D eigenvalue weighted by atomic mass is 10.3. The number of carbonyl (C=O) groups is 2. The molecule has 0 atom stereocenters. The average Bonchev–Trinajstić information content (AvgIpc) is 3.27. The minimum atomic E-state index is -0.142. The van der Waals surface area contributed by atoms with Crippen molar-refractivity contribution >= 4 is 62.6 Å². The summed E-state index contributed by atoms with van der Waals surface area (Å²) in [7, 11) is 0. The lowest BCUT2D eigenvalue weighted by molar-refractivity contribution is -0.115. The van der Waals surface area contributed by atoms with Crippen LogP contribution in [0.1, 0.15) is 15.4 Å². The summed E-state index contributed by atoms with van der Waals surface area (Å²) in [4.78, 5) is 33.0. The van der Waals surface area contributed by atoms with E-state index in [2.05, 4.69) is 15.3 Å². The number of carbonyl (C=O) groups excluding carboxylic acids is 2. The summed E-state index contributed by atoms with van der Waals surface area (Å²) in [6.07, 6.45) is 1.85. The minimum absolute atomic E-state index is 0.100. The number of thiazole rings is 2. The molecule has 0 aromatic carbocycles. The average molecular weight is 382 g/mol. The molecule has 3 rings (SSSR count). The van der Waals surface area contributed by atoms with Crippen LogP contribution in [0.3, 0.4) is 0 Å². The standard InChI is InChI=1S/C14H11N3O2S4/c18-10(11-2-1-4-20-11)8-23-14-16-9(7-22-14)6-12(19)17-13-15-3-5-21-13/h1-5,7H,6,8H2,(H,15,17,19). The maximum absolute atomic E-state index is 11.9. The summed E-state index contributed by atoms with van der Waals surface area (Å²) >= 11 is 5.67. The van der Waals surface area contributed by atoms with E-state index in [9.17, 15) is 9.59 Å². The van der Waals surface area contributed by atoms with Gasteiger partial charge in [-0.25, -0.2) is 9.97 Å². The van der Waals surface area contributed by atoms with Gasteiger partial charge in [0.15, 0.2) is 15.3 Å². The molecule has 23 heavy (non-hydrogen) atoms. The van der Waals surface area contributed by atoms with Gasteiger partial charge in [0.05, 0.1) is 22.7 Å². The van der Waals surface area contributed by atoms with Gasteiger partial charge in [-0.3, -0.25) is 9.59 Å². The number of thiophene rings is 1. The number of hydrogen-bond acceptors (Lipinski definition) is 8. The number of hydrogen-bond donors (Lipinski definition) is 1. The van der Waals surface area contributed by atoms with Gasteiger partial charge in [-0.15, -0.1) is 34.0 Å². The van der Waals surface area contributed by atoms with E-state index in [1.54, 1.807) is 11.6 Å². The molecule has 0 aliphatic rings. The van der Waals surface area contributed by atoms with E-state index >= 15 is 0 Å². The van der Waals surface area contributed by atoms with Gasteiger partial charge in [-0.2, -0.15) is 0 Å². The zero-order valence-electron chi connectivity index (χ0n) is 11.7. The Labute approximate surface area is 148 Å². The summed E-state index contributed by atoms with van der Waals surface area (Å²) in [5, 5.41) is 8.85. The summed E-state index contributed by atoms with van der Waals surface area (Å²) < 4.78 is 0.798. The molecule has 0 fully saturated rings. The van der Waals surface area contributed by atoms with Crippen molar-refractivity contribution < 1.29 is 9.59 Å². The van der Waals surface area contributed by atoms with Gasteiger partial charge in [0, 0.05) is 17.0 Å². The van der Waals surface area contributed by atoms with Gasteiger partial charge >= 0.3 is 0 Å². The fraction of sp³-hybridized carbons (Fsp3) is 0.143. The first-order valence-corrected chi connectivity index (χ1v) is 10.2. The second-order valence-electron chi connectivity index (χ2n) is 4.36. The predicted molar refractivity (Wildman–Crippen MR) is 95.9 cm³/mol. The molecule has 9 heteroatoms. The van der Waals surface area contributed by atoms with Crippen molar-refractivity contribution in [2.45, 2.75) is 10.8 Å². The number of rotatable bonds is 7. The first kappa shape index (κ1) is 16.3. The Hall–Kier alpha value is -1.55. The maximum atomic E-state index is 11.9. The number of anilines is 1. The molecule has 0 aliphatic carbocycles. The molecule has 3 aromatic rings. The Bertz CT molecular complexity index is 781. The number of nitrogens with zero attached hydrogens (tertiary/aromatic N) is 2. The summed E-state index contributed by atoms with van der Waals surface area (Å²) in [6.45, 7) is 0. The Morgan fingerprint density at radius 1 is 1.22 bits per heavy atom. The van der Waals surface area contributed by atoms with Crippen LogP contribution in [0.2, 0.25) is 0 Å². The van der Waals surface area contributed by atoms with E-state index in [0.29, 0.717) is 16.6 Å². The van der Waals surface area contributed by atoms with Crippen molar-refractivity contribution in [2.24, 2.45) is 0 Å². The summed E-state index contributed by atoms with van der Waals surface area (Å²) in [6, 6.07) is 3.69. The fourth-order valence-electron chi connectivity index (χ4n) is 1.68. The van der Waals surface area contributed by atoms with Gasteiger partial charge in [0.2, 0.25) is 5.91 Å². The second-order valence-corrected chi connectivity index (χ2v) is 8.28. The number of Topliss-reactive ketones (excluding diaryl/α,β-unsaturated/α-hetero) is 1. The van der Waals surface area contributed by atoms with Crippen molar-refractivity contribution in [3.8, 4) is 0 Å². The number of amides is 1. The lowest BCUT2D eigenvalue weighted by Crippen LogP contribution is -2.14. The van der Waals surface area contributed by atoms with Crippen LogP contribution in [0.5, 0.6) is 0 Å². The zero-order valence-corrected chi connectivity index (χ0v) is 15.0. The Morgan fingerprint density at radius 3 is 2.87 bits per heavy atom. The number of nitrogens with one attached hydrogen (secondary N) is 1. The van der Waals surface area contributed by atoms with Crippen LogP contribution in [-0.2, 0) is 11.2 Å². The topological polar surface area (TPSA) is 72.0 Å². The Morgan fingerprint density at radius 2 is 2.13 bits per heavy atom. The van der Waals surface area contributed by atoms with E-state index in [4.69, 9.17) is 0 Å². The molecule has 1 amide bonds. The maximum Gasteiger partial charge on any atom is 0.232 e. The highest BCUT2D eigenvalue weighted by atomic mass is 32.2. The van der Waals surface area contributed by atoms with E-state index in [-0.39, 0.29) is 18.1 Å². The third-order valence-corrected chi connectivity index (χ3v) is 6.34. The molecule has 3 aromatic heterocycles. The third-order valence-electron chi connectivity index (χ3n) is 2.67. The normalized spacial score (nSPS) is 10.6. The zero-order chi connectivity index (χ0) is 16.1. The smallest absolute Gasteiger partial charge is 0.232 e. The highest BCUT2D eigenvalue weighted by molar-refractivity contribution is 8.01. The lowest BCUT2D eigenvalue weighted by Gasteiger charge is -1.98. The molecule has 1 N–H and O–H groups in total. The molecule has 3 heterocycles. The van der Waals surface area contributed by atoms with Crippen LogP contribution in [0.4, 0.5) is 5.13 Å². The first-order valence-electron chi connectivity index (χ1n) is 6.54. The van der Waals surface area contributed by atoms with Gasteiger partial charge in [-0.05, 0) is 11.4 Å². The molecule has 118 valence electrons. The molecule has 0 saturated heterocycles. The van der Waals surface area contributed by atoms with Crippen molar-refractivity contribution in [3.05, 3.63) is 45.0 Å². The van der Waals surface area contributed by atoms with E-state index in [0.717, 1.165) is 9.22 Å². The van der Waals surface area contributed by atoms with E-state index < -0.39 is 0 Å². The van der Waals surface area contributed by atoms with Crippen molar-refractivity contribution in [1.82, 2.24) is 9.97 Å². The monoisotopic (exact) mass is 381 g/mol. The molecule has 0 radical (unpaired) electrons. The van der Waals surface area contributed by atoms with E-state index in [1.807, 2.05) is 22.9 Å². The van der Waals surface area contributed by atoms with Crippen LogP contribution in [0.25, 0.3) is 0 Å².